The molecule has 0 bridgehead atoms. The number of hydrogen-bond acceptors (Lipinski definition) is 1. The Bertz CT molecular complexity index is 308. The van der Waals surface area contributed by atoms with Crippen molar-refractivity contribution in [3.63, 3.8) is 0 Å². The summed E-state index contributed by atoms with van der Waals surface area (Å²) in [5.41, 5.74) is 0. The predicted octanol–water partition coefficient (Wildman–Crippen LogP) is 8.08. The Hall–Kier alpha value is -0.730. The van der Waals surface area contributed by atoms with Crippen LogP contribution in [-0.2, 0) is 0 Å². The lowest BCUT2D eigenvalue weighted by Crippen LogP contribution is -2.41. The lowest BCUT2D eigenvalue weighted by molar-refractivity contribution is 0.195. The van der Waals surface area contributed by atoms with Crippen molar-refractivity contribution >= 4 is 6.03 Å². The van der Waals surface area contributed by atoms with Crippen LogP contribution < -0.4 is 5.32 Å². The second kappa shape index (κ2) is 22.6. The van der Waals surface area contributed by atoms with Crippen molar-refractivity contribution in [3.05, 3.63) is 0 Å². The van der Waals surface area contributed by atoms with Gasteiger partial charge in [0, 0.05) is 19.6 Å². The summed E-state index contributed by atoms with van der Waals surface area (Å²) in [6.07, 6.45) is 23.3. The summed E-state index contributed by atoms with van der Waals surface area (Å²) in [6, 6.07) is 0.170. The molecule has 0 aliphatic heterocycles. The number of carbonyl (C=O) groups excluding carboxylic acids is 1. The number of hydrogen-bond donors (Lipinski definition) is 1. The van der Waals surface area contributed by atoms with E-state index in [0.717, 1.165) is 38.9 Å². The average Bonchev–Trinajstić information content (AvgIpc) is 2.70. The maximum atomic E-state index is 12.5. The molecular weight excluding hydrogens is 344 g/mol. The first kappa shape index (κ1) is 27.3. The quantitative estimate of drug-likeness (QED) is 0.195. The summed E-state index contributed by atoms with van der Waals surface area (Å²) >= 11 is 0. The average molecular weight is 397 g/mol. The largest absolute Gasteiger partial charge is 0.338 e. The lowest BCUT2D eigenvalue weighted by Gasteiger charge is -2.23. The topological polar surface area (TPSA) is 32.3 Å². The number of nitrogens with zero attached hydrogens (tertiary/aromatic N) is 1. The molecule has 0 aromatic heterocycles. The molecule has 0 spiro atoms. The summed E-state index contributed by atoms with van der Waals surface area (Å²) in [5, 5.41) is 3.18. The molecule has 0 saturated carbocycles. The van der Waals surface area contributed by atoms with Crippen LogP contribution in [0.25, 0.3) is 0 Å². The van der Waals surface area contributed by atoms with Crippen LogP contribution in [0.4, 0.5) is 4.79 Å². The van der Waals surface area contributed by atoms with E-state index in [-0.39, 0.29) is 6.03 Å². The first-order chi connectivity index (χ1) is 13.8. The van der Waals surface area contributed by atoms with Crippen LogP contribution >= 0.6 is 0 Å². The highest BCUT2D eigenvalue weighted by Crippen LogP contribution is 2.10. The minimum Gasteiger partial charge on any atom is -0.338 e. The van der Waals surface area contributed by atoms with Gasteiger partial charge in [-0.2, -0.15) is 0 Å². The van der Waals surface area contributed by atoms with Gasteiger partial charge in [0.05, 0.1) is 0 Å². The van der Waals surface area contributed by atoms with Gasteiger partial charge in [0.15, 0.2) is 0 Å². The molecule has 0 radical (unpaired) electrons. The Morgan fingerprint density at radius 3 is 1.32 bits per heavy atom. The van der Waals surface area contributed by atoms with Crippen LogP contribution in [-0.4, -0.2) is 30.6 Å². The van der Waals surface area contributed by atoms with Gasteiger partial charge < -0.3 is 10.2 Å². The van der Waals surface area contributed by atoms with Crippen LogP contribution in [0, 0.1) is 0 Å². The fourth-order valence-electron chi connectivity index (χ4n) is 3.69. The monoisotopic (exact) mass is 396 g/mol. The molecule has 28 heavy (non-hydrogen) atoms. The summed E-state index contributed by atoms with van der Waals surface area (Å²) in [7, 11) is 0. The number of urea groups is 1. The standard InChI is InChI=1S/C25H52N2O/c1-4-7-10-13-14-15-16-17-18-19-22-26-25(28)27(23-20-11-8-5-2)24-21-12-9-6-3/h4-24H2,1-3H3,(H,26,28). The number of rotatable bonds is 21. The Labute approximate surface area is 177 Å². The van der Waals surface area contributed by atoms with Gasteiger partial charge in [-0.3, -0.25) is 0 Å². The molecule has 0 aromatic carbocycles. The van der Waals surface area contributed by atoms with Crippen molar-refractivity contribution in [1.29, 1.82) is 0 Å². The second-order valence-electron chi connectivity index (χ2n) is 8.52. The molecule has 0 atom stereocenters. The van der Waals surface area contributed by atoms with Gasteiger partial charge in [-0.1, -0.05) is 117 Å². The molecule has 3 nitrogen and oxygen atoms in total. The molecule has 0 aliphatic carbocycles. The second-order valence-corrected chi connectivity index (χ2v) is 8.52. The van der Waals surface area contributed by atoms with Crippen molar-refractivity contribution in [2.45, 2.75) is 136 Å². The van der Waals surface area contributed by atoms with Gasteiger partial charge in [0.25, 0.3) is 0 Å². The molecule has 168 valence electrons. The third kappa shape index (κ3) is 18.6. The van der Waals surface area contributed by atoms with Gasteiger partial charge in [0.2, 0.25) is 0 Å². The summed E-state index contributed by atoms with van der Waals surface area (Å²) in [6.45, 7) is 9.45. The Morgan fingerprint density at radius 1 is 0.536 bits per heavy atom. The number of amides is 2. The van der Waals surface area contributed by atoms with E-state index in [1.807, 2.05) is 0 Å². The molecule has 0 unspecified atom stereocenters. The first-order valence-corrected chi connectivity index (χ1v) is 12.8. The van der Waals surface area contributed by atoms with Gasteiger partial charge in [-0.25, -0.2) is 4.79 Å². The highest BCUT2D eigenvalue weighted by Gasteiger charge is 2.11. The zero-order valence-electron chi connectivity index (χ0n) is 19.7. The van der Waals surface area contributed by atoms with E-state index in [4.69, 9.17) is 0 Å². The van der Waals surface area contributed by atoms with Crippen LogP contribution in [0.3, 0.4) is 0 Å². The van der Waals surface area contributed by atoms with Crippen molar-refractivity contribution in [1.82, 2.24) is 10.2 Å². The summed E-state index contributed by atoms with van der Waals surface area (Å²) in [4.78, 5) is 14.6. The van der Waals surface area contributed by atoms with Crippen molar-refractivity contribution < 1.29 is 4.79 Å². The Balaban J connectivity index is 3.77. The van der Waals surface area contributed by atoms with Crippen LogP contribution in [0.2, 0.25) is 0 Å². The van der Waals surface area contributed by atoms with Gasteiger partial charge in [-0.05, 0) is 19.3 Å². The van der Waals surface area contributed by atoms with Gasteiger partial charge in [0.1, 0.15) is 0 Å². The minimum absolute atomic E-state index is 0.170. The maximum absolute atomic E-state index is 12.5. The maximum Gasteiger partial charge on any atom is 0.317 e. The van der Waals surface area contributed by atoms with Crippen molar-refractivity contribution in [3.8, 4) is 0 Å². The van der Waals surface area contributed by atoms with E-state index in [2.05, 4.69) is 31.0 Å². The molecule has 1 N–H and O–H groups in total. The molecule has 2 amide bonds. The van der Waals surface area contributed by atoms with Crippen molar-refractivity contribution in [2.24, 2.45) is 0 Å². The van der Waals surface area contributed by atoms with Crippen LogP contribution in [0.15, 0.2) is 0 Å². The molecule has 0 heterocycles. The summed E-state index contributed by atoms with van der Waals surface area (Å²) in [5.74, 6) is 0. The Morgan fingerprint density at radius 2 is 0.893 bits per heavy atom. The molecule has 0 rings (SSSR count). The van der Waals surface area contributed by atoms with Crippen LogP contribution in [0.5, 0.6) is 0 Å². The predicted molar refractivity (Wildman–Crippen MR) is 125 cm³/mol. The molecule has 0 aliphatic rings. The summed E-state index contributed by atoms with van der Waals surface area (Å²) < 4.78 is 0. The van der Waals surface area contributed by atoms with E-state index in [1.54, 1.807) is 0 Å². The SMILES string of the molecule is CCCCCCCCCCCCNC(=O)N(CCCCCC)CCCCCC. The molecular formula is C25H52N2O. The number of carbonyl (C=O) groups is 1. The Kier molecular flexibility index (Phi) is 22.0. The molecule has 3 heteroatoms. The zero-order valence-corrected chi connectivity index (χ0v) is 19.7. The van der Waals surface area contributed by atoms with E-state index in [0.29, 0.717) is 0 Å². The van der Waals surface area contributed by atoms with E-state index < -0.39 is 0 Å². The number of unbranched alkanes of at least 4 members (excludes halogenated alkanes) is 15. The van der Waals surface area contributed by atoms with E-state index in [1.165, 1.54) is 96.3 Å². The molecule has 0 fully saturated rings. The fraction of sp³-hybridized carbons (Fsp3) is 0.960. The molecule has 0 saturated heterocycles. The smallest absolute Gasteiger partial charge is 0.317 e. The van der Waals surface area contributed by atoms with Gasteiger partial charge >= 0.3 is 6.03 Å². The lowest BCUT2D eigenvalue weighted by atomic mass is 10.1. The van der Waals surface area contributed by atoms with E-state index >= 15 is 0 Å². The van der Waals surface area contributed by atoms with E-state index in [9.17, 15) is 4.79 Å². The van der Waals surface area contributed by atoms with Gasteiger partial charge in [-0.15, -0.1) is 0 Å². The third-order valence-corrected chi connectivity index (χ3v) is 5.66. The highest BCUT2D eigenvalue weighted by atomic mass is 16.2. The fourth-order valence-corrected chi connectivity index (χ4v) is 3.69. The normalized spacial score (nSPS) is 11.0. The van der Waals surface area contributed by atoms with Crippen molar-refractivity contribution in [2.75, 3.05) is 19.6 Å². The third-order valence-electron chi connectivity index (χ3n) is 5.66. The first-order valence-electron chi connectivity index (χ1n) is 12.8. The van der Waals surface area contributed by atoms with Crippen LogP contribution in [0.1, 0.15) is 136 Å². The number of nitrogens with one attached hydrogen (secondary N) is 1. The highest BCUT2D eigenvalue weighted by molar-refractivity contribution is 5.74. The zero-order chi connectivity index (χ0) is 20.7. The minimum atomic E-state index is 0.170. The molecule has 0 aromatic rings.